The average molecular weight is 356 g/mol. The molecule has 0 bridgehead atoms. The van der Waals surface area contributed by atoms with Crippen molar-refractivity contribution >= 4 is 39.2 Å². The van der Waals surface area contributed by atoms with Gasteiger partial charge in [-0.05, 0) is 53.2 Å². The average Bonchev–Trinajstić information content (AvgIpc) is 2.43. The van der Waals surface area contributed by atoms with Crippen LogP contribution in [0, 0.1) is 0 Å². The fraction of sp³-hybridized carbons (Fsp3) is 0.143. The van der Waals surface area contributed by atoms with Gasteiger partial charge in [-0.1, -0.05) is 17.7 Å². The molecule has 2 N–H and O–H groups in total. The van der Waals surface area contributed by atoms with Gasteiger partial charge in [-0.25, -0.2) is 4.79 Å². The predicted octanol–water partition coefficient (Wildman–Crippen LogP) is 3.91. The maximum absolute atomic E-state index is 11.6. The number of aromatic nitrogens is 1. The quantitative estimate of drug-likeness (QED) is 0.873. The lowest BCUT2D eigenvalue weighted by Crippen LogP contribution is -2.41. The first-order valence-corrected chi connectivity index (χ1v) is 6.99. The molecular weight excluding hydrogens is 344 g/mol. The van der Waals surface area contributed by atoms with Gasteiger partial charge in [-0.2, -0.15) is 0 Å². The minimum absolute atomic E-state index is 0.429. The van der Waals surface area contributed by atoms with Crippen molar-refractivity contribution in [2.45, 2.75) is 12.5 Å². The smallest absolute Gasteiger partial charge is 0.335 e. The van der Waals surface area contributed by atoms with Crippen LogP contribution < -0.4 is 5.32 Å². The SMILES string of the molecule is CC(Nc1ccc(Cl)c(Br)c1)(C(=O)O)c1ccccn1. The van der Waals surface area contributed by atoms with E-state index in [0.717, 1.165) is 0 Å². The standard InChI is InChI=1S/C14H12BrClN2O2/c1-14(13(19)20,12-4-2-3-7-17-12)18-9-5-6-11(16)10(15)8-9/h2-8,18H,1H3,(H,19,20). The Kier molecular flexibility index (Phi) is 4.30. The van der Waals surface area contributed by atoms with Gasteiger partial charge in [0, 0.05) is 16.4 Å². The van der Waals surface area contributed by atoms with Gasteiger partial charge in [0.05, 0.1) is 10.7 Å². The van der Waals surface area contributed by atoms with Gasteiger partial charge in [-0.3, -0.25) is 4.98 Å². The van der Waals surface area contributed by atoms with Gasteiger partial charge in [0.15, 0.2) is 5.54 Å². The van der Waals surface area contributed by atoms with Crippen LogP contribution in [0.15, 0.2) is 47.1 Å². The Balaban J connectivity index is 2.39. The van der Waals surface area contributed by atoms with Crippen LogP contribution in [0.25, 0.3) is 0 Å². The molecule has 1 aromatic carbocycles. The van der Waals surface area contributed by atoms with Crippen molar-refractivity contribution in [3.05, 3.63) is 57.8 Å². The number of halogens is 2. The van der Waals surface area contributed by atoms with Crippen molar-refractivity contribution in [3.8, 4) is 0 Å². The normalized spacial score (nSPS) is 13.6. The maximum atomic E-state index is 11.6. The largest absolute Gasteiger partial charge is 0.479 e. The van der Waals surface area contributed by atoms with Gasteiger partial charge in [0.25, 0.3) is 0 Å². The highest BCUT2D eigenvalue weighted by atomic mass is 79.9. The molecule has 0 aliphatic rings. The monoisotopic (exact) mass is 354 g/mol. The van der Waals surface area contributed by atoms with Gasteiger partial charge < -0.3 is 10.4 Å². The first-order valence-electron chi connectivity index (χ1n) is 5.81. The lowest BCUT2D eigenvalue weighted by atomic mass is 9.96. The van der Waals surface area contributed by atoms with Crippen LogP contribution in [0.4, 0.5) is 5.69 Å². The number of pyridine rings is 1. The topological polar surface area (TPSA) is 62.2 Å². The van der Waals surface area contributed by atoms with Crippen molar-refractivity contribution in [1.29, 1.82) is 0 Å². The number of rotatable bonds is 4. The maximum Gasteiger partial charge on any atom is 0.335 e. The van der Waals surface area contributed by atoms with Crippen LogP contribution in [0.5, 0.6) is 0 Å². The number of nitrogens with zero attached hydrogens (tertiary/aromatic N) is 1. The molecule has 0 saturated heterocycles. The Morgan fingerprint density at radius 1 is 1.40 bits per heavy atom. The second-order valence-corrected chi connectivity index (χ2v) is 5.66. The number of hydrogen-bond acceptors (Lipinski definition) is 3. The van der Waals surface area contributed by atoms with Crippen molar-refractivity contribution in [2.75, 3.05) is 5.32 Å². The van der Waals surface area contributed by atoms with E-state index >= 15 is 0 Å². The molecule has 104 valence electrons. The third-order valence-corrected chi connectivity index (χ3v) is 4.13. The molecule has 1 atom stereocenters. The molecule has 0 spiro atoms. The Hall–Kier alpha value is -1.59. The highest BCUT2D eigenvalue weighted by Gasteiger charge is 2.36. The zero-order valence-electron chi connectivity index (χ0n) is 10.6. The number of carboxylic acids is 1. The minimum Gasteiger partial charge on any atom is -0.479 e. The Labute approximate surface area is 129 Å². The fourth-order valence-electron chi connectivity index (χ4n) is 1.75. The lowest BCUT2D eigenvalue weighted by molar-refractivity contribution is -0.142. The first-order chi connectivity index (χ1) is 9.43. The van der Waals surface area contributed by atoms with Crippen molar-refractivity contribution < 1.29 is 9.90 Å². The van der Waals surface area contributed by atoms with Gasteiger partial charge >= 0.3 is 5.97 Å². The summed E-state index contributed by atoms with van der Waals surface area (Å²) in [6.45, 7) is 1.57. The number of aliphatic carboxylic acids is 1. The zero-order valence-corrected chi connectivity index (χ0v) is 12.9. The van der Waals surface area contributed by atoms with E-state index in [4.69, 9.17) is 11.6 Å². The summed E-state index contributed by atoms with van der Waals surface area (Å²) in [5.41, 5.74) is -0.260. The number of anilines is 1. The van der Waals surface area contributed by atoms with Gasteiger partial charge in [0.1, 0.15) is 0 Å². The van der Waals surface area contributed by atoms with Crippen LogP contribution in [0.1, 0.15) is 12.6 Å². The van der Waals surface area contributed by atoms with E-state index < -0.39 is 11.5 Å². The van der Waals surface area contributed by atoms with Crippen LogP contribution in [-0.2, 0) is 10.3 Å². The Morgan fingerprint density at radius 2 is 2.15 bits per heavy atom. The van der Waals surface area contributed by atoms with Crippen LogP contribution >= 0.6 is 27.5 Å². The third-order valence-electron chi connectivity index (χ3n) is 2.92. The summed E-state index contributed by atoms with van der Waals surface area (Å²) in [5.74, 6) is -1.01. The van der Waals surface area contributed by atoms with E-state index in [9.17, 15) is 9.90 Å². The van der Waals surface area contributed by atoms with Crippen molar-refractivity contribution in [1.82, 2.24) is 4.98 Å². The zero-order chi connectivity index (χ0) is 14.8. The third kappa shape index (κ3) is 2.94. The summed E-state index contributed by atoms with van der Waals surface area (Å²) < 4.78 is 0.693. The molecular formula is C14H12BrClN2O2. The number of nitrogens with one attached hydrogen (secondary N) is 1. The molecule has 20 heavy (non-hydrogen) atoms. The molecule has 2 aromatic rings. The summed E-state index contributed by atoms with van der Waals surface area (Å²) in [6.07, 6.45) is 1.57. The second kappa shape index (κ2) is 5.81. The van der Waals surface area contributed by atoms with Crippen LogP contribution in [-0.4, -0.2) is 16.1 Å². The molecule has 0 radical (unpaired) electrons. The summed E-state index contributed by atoms with van der Waals surface area (Å²) in [6, 6.07) is 10.3. The highest BCUT2D eigenvalue weighted by Crippen LogP contribution is 2.30. The summed E-state index contributed by atoms with van der Waals surface area (Å²) in [5, 5.41) is 13.1. The van der Waals surface area contributed by atoms with E-state index in [2.05, 4.69) is 26.2 Å². The minimum atomic E-state index is -1.32. The number of benzene rings is 1. The van der Waals surface area contributed by atoms with E-state index in [0.29, 0.717) is 20.9 Å². The van der Waals surface area contributed by atoms with E-state index in [1.807, 2.05) is 0 Å². The van der Waals surface area contributed by atoms with Crippen molar-refractivity contribution in [3.63, 3.8) is 0 Å². The first kappa shape index (κ1) is 14.8. The molecule has 1 heterocycles. The van der Waals surface area contributed by atoms with Crippen LogP contribution in [0.2, 0.25) is 5.02 Å². The fourth-order valence-corrected chi connectivity index (χ4v) is 2.24. The molecule has 4 nitrogen and oxygen atoms in total. The number of carboxylic acid groups (broad SMARTS) is 1. The molecule has 0 amide bonds. The Bertz CT molecular complexity index is 636. The highest BCUT2D eigenvalue weighted by molar-refractivity contribution is 9.10. The number of carbonyl (C=O) groups is 1. The molecule has 6 heteroatoms. The van der Waals surface area contributed by atoms with E-state index in [1.165, 1.54) is 0 Å². The van der Waals surface area contributed by atoms with Crippen molar-refractivity contribution in [2.24, 2.45) is 0 Å². The number of hydrogen-bond donors (Lipinski definition) is 2. The summed E-state index contributed by atoms with van der Waals surface area (Å²) >= 11 is 9.24. The van der Waals surface area contributed by atoms with E-state index in [1.54, 1.807) is 49.5 Å². The molecule has 0 aliphatic carbocycles. The second-order valence-electron chi connectivity index (χ2n) is 4.40. The van der Waals surface area contributed by atoms with Gasteiger partial charge in [-0.15, -0.1) is 0 Å². The molecule has 0 fully saturated rings. The lowest BCUT2D eigenvalue weighted by Gasteiger charge is -2.27. The van der Waals surface area contributed by atoms with Gasteiger partial charge in [0.2, 0.25) is 0 Å². The summed E-state index contributed by atoms with van der Waals surface area (Å²) in [7, 11) is 0. The molecule has 1 aromatic heterocycles. The molecule has 1 unspecified atom stereocenters. The summed E-state index contributed by atoms with van der Waals surface area (Å²) in [4.78, 5) is 15.8. The molecule has 2 rings (SSSR count). The Morgan fingerprint density at radius 3 is 2.70 bits per heavy atom. The molecule has 0 saturated carbocycles. The van der Waals surface area contributed by atoms with Crippen LogP contribution in [0.3, 0.4) is 0 Å². The predicted molar refractivity (Wildman–Crippen MR) is 82.0 cm³/mol. The van der Waals surface area contributed by atoms with E-state index in [-0.39, 0.29) is 0 Å². The molecule has 0 aliphatic heterocycles.